The summed E-state index contributed by atoms with van der Waals surface area (Å²) in [5, 5.41) is 20.8. The molecule has 3 rings (SSSR count). The molecule has 13 heteroatoms. The number of carboxylic acids is 1. The number of nitriles is 1. The molecule has 1 aromatic heterocycles. The number of aliphatic carboxylic acids is 1. The molecule has 1 unspecified atom stereocenters. The lowest BCUT2D eigenvalue weighted by Crippen LogP contribution is -2.39. The van der Waals surface area contributed by atoms with E-state index in [0.29, 0.717) is 25.1 Å². The molecule has 32 heavy (non-hydrogen) atoms. The van der Waals surface area contributed by atoms with Crippen molar-refractivity contribution in [3.63, 3.8) is 0 Å². The minimum absolute atomic E-state index is 0.0993. The van der Waals surface area contributed by atoms with Crippen LogP contribution in [0.2, 0.25) is 0 Å². The van der Waals surface area contributed by atoms with Crippen LogP contribution >= 0.6 is 0 Å². The molecule has 2 aromatic rings. The number of sulfonamides is 1. The molecule has 0 saturated heterocycles. The average molecular weight is 473 g/mol. The van der Waals surface area contributed by atoms with E-state index in [-0.39, 0.29) is 6.04 Å². The van der Waals surface area contributed by atoms with Gasteiger partial charge in [0.05, 0.1) is 29.6 Å². The number of hydrogen-bond acceptors (Lipinski definition) is 6. The number of carbonyl (C=O) groups is 1. The molecule has 0 aliphatic carbocycles. The van der Waals surface area contributed by atoms with Gasteiger partial charge in [-0.2, -0.15) is 23.5 Å². The van der Waals surface area contributed by atoms with Crippen molar-refractivity contribution in [1.29, 1.82) is 5.26 Å². The highest BCUT2D eigenvalue weighted by Crippen LogP contribution is 2.24. The first-order chi connectivity index (χ1) is 14.9. The Labute approximate surface area is 183 Å². The van der Waals surface area contributed by atoms with Crippen molar-refractivity contribution in [3.8, 4) is 6.07 Å². The Morgan fingerprint density at radius 2 is 2.00 bits per heavy atom. The first-order valence-corrected chi connectivity index (χ1v) is 11.3. The summed E-state index contributed by atoms with van der Waals surface area (Å²) in [5.74, 6) is -2.76. The van der Waals surface area contributed by atoms with Crippen LogP contribution in [0.1, 0.15) is 29.3 Å². The lowest BCUT2D eigenvalue weighted by atomic mass is 10.1. The summed E-state index contributed by atoms with van der Waals surface area (Å²) in [4.78, 5) is 11.2. The van der Waals surface area contributed by atoms with Gasteiger partial charge in [-0.1, -0.05) is 18.2 Å². The number of nitrogens with one attached hydrogen (secondary N) is 1. The Morgan fingerprint density at radius 1 is 1.34 bits per heavy atom. The first kappa shape index (κ1) is 25.3. The van der Waals surface area contributed by atoms with Crippen LogP contribution in [0.3, 0.4) is 0 Å². The molecule has 0 saturated carbocycles. The summed E-state index contributed by atoms with van der Waals surface area (Å²) >= 11 is 0. The van der Waals surface area contributed by atoms with E-state index in [4.69, 9.17) is 9.90 Å². The average Bonchev–Trinajstić information content (AvgIpc) is 3.16. The molecule has 2 N–H and O–H groups in total. The number of hydrogen-bond donors (Lipinski definition) is 2. The molecular weight excluding hydrogens is 451 g/mol. The van der Waals surface area contributed by atoms with Gasteiger partial charge in [0.1, 0.15) is 0 Å². The van der Waals surface area contributed by atoms with E-state index >= 15 is 0 Å². The smallest absolute Gasteiger partial charge is 0.475 e. The van der Waals surface area contributed by atoms with Crippen LogP contribution in [0.4, 0.5) is 13.2 Å². The highest BCUT2D eigenvalue weighted by Gasteiger charge is 2.38. The van der Waals surface area contributed by atoms with E-state index in [2.05, 4.69) is 20.8 Å². The van der Waals surface area contributed by atoms with Crippen LogP contribution in [-0.4, -0.2) is 59.7 Å². The Bertz CT molecular complexity index is 1080. The maximum absolute atomic E-state index is 11.3. The van der Waals surface area contributed by atoms with Crippen molar-refractivity contribution in [3.05, 3.63) is 53.3 Å². The fourth-order valence-electron chi connectivity index (χ4n) is 3.22. The van der Waals surface area contributed by atoms with Crippen LogP contribution in [0.15, 0.2) is 36.5 Å². The summed E-state index contributed by atoms with van der Waals surface area (Å²) in [5.41, 5.74) is 2.80. The van der Waals surface area contributed by atoms with E-state index < -0.39 is 22.2 Å². The van der Waals surface area contributed by atoms with E-state index in [1.54, 1.807) is 6.20 Å². The Hall–Kier alpha value is -2.95. The lowest BCUT2D eigenvalue weighted by molar-refractivity contribution is -0.192. The van der Waals surface area contributed by atoms with Crippen molar-refractivity contribution >= 4 is 16.0 Å². The molecule has 9 nitrogen and oxygen atoms in total. The highest BCUT2D eigenvalue weighted by atomic mass is 32.2. The van der Waals surface area contributed by atoms with Gasteiger partial charge in [0.25, 0.3) is 0 Å². The second-order valence-corrected chi connectivity index (χ2v) is 8.95. The van der Waals surface area contributed by atoms with Crippen molar-refractivity contribution < 1.29 is 31.5 Å². The van der Waals surface area contributed by atoms with Crippen LogP contribution < -0.4 is 4.72 Å². The van der Waals surface area contributed by atoms with Crippen LogP contribution in [0, 0.1) is 11.3 Å². The molecule has 0 radical (unpaired) electrons. The van der Waals surface area contributed by atoms with Gasteiger partial charge in [0.2, 0.25) is 10.0 Å². The van der Waals surface area contributed by atoms with Crippen molar-refractivity contribution in [2.75, 3.05) is 19.3 Å². The van der Waals surface area contributed by atoms with E-state index in [1.165, 1.54) is 6.26 Å². The summed E-state index contributed by atoms with van der Waals surface area (Å²) < 4.78 is 58.8. The predicted molar refractivity (Wildman–Crippen MR) is 108 cm³/mol. The van der Waals surface area contributed by atoms with Crippen LogP contribution in [0.5, 0.6) is 0 Å². The number of benzene rings is 1. The number of nitrogens with zero attached hydrogens (tertiary/aromatic N) is 4. The molecule has 0 fully saturated rings. The fraction of sp³-hybridized carbons (Fsp3) is 0.421. The maximum atomic E-state index is 11.3. The third kappa shape index (κ3) is 7.63. The molecular formula is C19H22F3N5O4S. The number of halogens is 3. The second-order valence-electron chi connectivity index (χ2n) is 7.12. The molecule has 1 atom stereocenters. The minimum Gasteiger partial charge on any atom is -0.475 e. The molecule has 0 bridgehead atoms. The van der Waals surface area contributed by atoms with Gasteiger partial charge in [-0.3, -0.25) is 9.58 Å². The largest absolute Gasteiger partial charge is 0.490 e. The SMILES string of the molecule is CS(=O)(=O)NCCC1CN(Cc2ccccc2C#N)Cc2ccnn21.O=C(O)C(F)(F)F. The summed E-state index contributed by atoms with van der Waals surface area (Å²) in [6.45, 7) is 2.59. The molecule has 1 aliphatic rings. The molecule has 2 heterocycles. The zero-order valence-electron chi connectivity index (χ0n) is 17.1. The Morgan fingerprint density at radius 3 is 2.59 bits per heavy atom. The maximum Gasteiger partial charge on any atom is 0.490 e. The summed E-state index contributed by atoms with van der Waals surface area (Å²) in [6, 6.07) is 11.9. The molecule has 1 aromatic carbocycles. The molecule has 0 spiro atoms. The van der Waals surface area contributed by atoms with Gasteiger partial charge in [-0.15, -0.1) is 0 Å². The van der Waals surface area contributed by atoms with E-state index in [9.17, 15) is 26.9 Å². The van der Waals surface area contributed by atoms with Crippen LogP contribution in [-0.2, 0) is 27.9 Å². The number of aromatic nitrogens is 2. The van der Waals surface area contributed by atoms with Crippen molar-refractivity contribution in [2.45, 2.75) is 31.7 Å². The van der Waals surface area contributed by atoms with Gasteiger partial charge in [-0.05, 0) is 24.1 Å². The lowest BCUT2D eigenvalue weighted by Gasteiger charge is -2.34. The normalized spacial score (nSPS) is 16.4. The monoisotopic (exact) mass is 473 g/mol. The van der Waals surface area contributed by atoms with Gasteiger partial charge in [0.15, 0.2) is 0 Å². The number of alkyl halides is 3. The number of rotatable bonds is 6. The van der Waals surface area contributed by atoms with Crippen LogP contribution in [0.25, 0.3) is 0 Å². The van der Waals surface area contributed by atoms with Gasteiger partial charge < -0.3 is 5.11 Å². The quantitative estimate of drug-likeness (QED) is 0.656. The Kier molecular flexibility index (Phi) is 8.37. The Balaban J connectivity index is 0.000000451. The summed E-state index contributed by atoms with van der Waals surface area (Å²) in [6.07, 6.45) is -1.48. The number of fused-ring (bicyclic) bond motifs is 1. The van der Waals surface area contributed by atoms with Gasteiger partial charge in [-0.25, -0.2) is 17.9 Å². The predicted octanol–water partition coefficient (Wildman–Crippen LogP) is 1.88. The standard InChI is InChI=1S/C17H21N5O2S.C2HF3O2/c1-25(23,24)20-9-7-17-13-21(12-16-6-8-19-22(16)17)11-15-5-3-2-4-14(15)10-18;3-2(4,5)1(6)7/h2-6,8,17,20H,7,9,11-13H2,1H3;(H,6,7). The zero-order valence-corrected chi connectivity index (χ0v) is 17.9. The first-order valence-electron chi connectivity index (χ1n) is 9.38. The topological polar surface area (TPSA) is 128 Å². The molecule has 1 aliphatic heterocycles. The molecule has 174 valence electrons. The number of carboxylic acid groups (broad SMARTS) is 1. The van der Waals surface area contributed by atoms with Crippen molar-refractivity contribution in [1.82, 2.24) is 19.4 Å². The molecule has 0 amide bonds. The minimum atomic E-state index is -5.08. The van der Waals surface area contributed by atoms with Gasteiger partial charge >= 0.3 is 12.1 Å². The van der Waals surface area contributed by atoms with E-state index in [1.807, 2.05) is 35.0 Å². The van der Waals surface area contributed by atoms with Crippen molar-refractivity contribution in [2.24, 2.45) is 0 Å². The van der Waals surface area contributed by atoms with Gasteiger partial charge in [0, 0.05) is 32.4 Å². The fourth-order valence-corrected chi connectivity index (χ4v) is 3.71. The second kappa shape index (κ2) is 10.6. The third-order valence-electron chi connectivity index (χ3n) is 4.57. The van der Waals surface area contributed by atoms with E-state index in [0.717, 1.165) is 24.3 Å². The summed E-state index contributed by atoms with van der Waals surface area (Å²) in [7, 11) is -3.19. The highest BCUT2D eigenvalue weighted by molar-refractivity contribution is 7.88. The third-order valence-corrected chi connectivity index (χ3v) is 5.30. The zero-order chi connectivity index (χ0) is 23.9.